The highest BCUT2D eigenvalue weighted by Gasteiger charge is 2.26. The van der Waals surface area contributed by atoms with Crippen LogP contribution < -0.4 is 0 Å². The normalized spacial score (nSPS) is 13.4. The molecule has 2 aromatic carbocycles. The van der Waals surface area contributed by atoms with Gasteiger partial charge >= 0.3 is 0 Å². The molecule has 112 valence electrons. The Morgan fingerprint density at radius 2 is 1.55 bits per heavy atom. The van der Waals surface area contributed by atoms with E-state index in [4.69, 9.17) is 34.8 Å². The van der Waals surface area contributed by atoms with Gasteiger partial charge < -0.3 is 5.11 Å². The van der Waals surface area contributed by atoms with Crippen molar-refractivity contribution in [2.24, 2.45) is 0 Å². The molecular formula is C16H9Cl3O2S. The largest absolute Gasteiger partial charge is 0.506 e. The molecule has 0 radical (unpaired) electrons. The van der Waals surface area contributed by atoms with E-state index >= 15 is 0 Å². The third-order valence-corrected chi connectivity index (χ3v) is 5.13. The number of ketones is 1. The topological polar surface area (TPSA) is 37.3 Å². The summed E-state index contributed by atoms with van der Waals surface area (Å²) in [6, 6.07) is 10.4. The van der Waals surface area contributed by atoms with Gasteiger partial charge in [-0.05, 0) is 36.4 Å². The maximum Gasteiger partial charge on any atom is 0.181 e. The summed E-state index contributed by atoms with van der Waals surface area (Å²) in [5.74, 6) is -0.723. The number of Topliss-reactive ketones (excluding diaryl/α,β-unsaturated/α-hetero) is 1. The molecule has 0 amide bonds. The maximum absolute atomic E-state index is 12.3. The molecule has 0 saturated carbocycles. The van der Waals surface area contributed by atoms with E-state index in [1.165, 1.54) is 11.8 Å². The van der Waals surface area contributed by atoms with Crippen LogP contribution in [0.2, 0.25) is 10.0 Å². The molecule has 0 aromatic heterocycles. The van der Waals surface area contributed by atoms with Crippen molar-refractivity contribution in [3.63, 3.8) is 0 Å². The smallest absolute Gasteiger partial charge is 0.181 e. The van der Waals surface area contributed by atoms with E-state index in [-0.39, 0.29) is 23.0 Å². The van der Waals surface area contributed by atoms with Crippen LogP contribution in [-0.4, -0.2) is 16.8 Å². The highest BCUT2D eigenvalue weighted by molar-refractivity contribution is 7.99. The molecule has 0 fully saturated rings. The molecule has 1 aliphatic rings. The van der Waals surface area contributed by atoms with Gasteiger partial charge in [0.05, 0.1) is 11.5 Å². The van der Waals surface area contributed by atoms with Crippen LogP contribution >= 0.6 is 46.6 Å². The zero-order valence-corrected chi connectivity index (χ0v) is 14.2. The minimum atomic E-state index is -0.365. The second-order valence-electron chi connectivity index (χ2n) is 4.66. The quantitative estimate of drug-likeness (QED) is 0.689. The number of benzene rings is 2. The molecule has 0 spiro atoms. The summed E-state index contributed by atoms with van der Waals surface area (Å²) in [7, 11) is 0. The van der Waals surface area contributed by atoms with Crippen LogP contribution in [-0.2, 0) is 4.79 Å². The molecule has 0 saturated heterocycles. The molecule has 2 nitrogen and oxygen atoms in total. The minimum Gasteiger partial charge on any atom is -0.506 e. The second-order valence-corrected chi connectivity index (χ2v) is 6.89. The molecule has 6 heteroatoms. The first-order chi connectivity index (χ1) is 10.5. The molecule has 22 heavy (non-hydrogen) atoms. The number of rotatable bonds is 2. The van der Waals surface area contributed by atoms with Crippen LogP contribution in [0.15, 0.2) is 46.2 Å². The molecular weight excluding hydrogens is 363 g/mol. The Labute approximate surface area is 146 Å². The van der Waals surface area contributed by atoms with E-state index in [1.807, 2.05) is 12.1 Å². The predicted molar refractivity (Wildman–Crippen MR) is 92.2 cm³/mol. The van der Waals surface area contributed by atoms with Crippen LogP contribution in [0.5, 0.6) is 0 Å². The Bertz CT molecular complexity index is 815. The zero-order chi connectivity index (χ0) is 15.9. The second kappa shape index (κ2) is 6.17. The Hall–Kier alpha value is -1.13. The summed E-state index contributed by atoms with van der Waals surface area (Å²) in [6.45, 7) is 0. The lowest BCUT2D eigenvalue weighted by molar-refractivity contribution is -0.111. The van der Waals surface area contributed by atoms with Crippen LogP contribution in [0.3, 0.4) is 0 Å². The molecule has 1 N–H and O–H groups in total. The van der Waals surface area contributed by atoms with Crippen molar-refractivity contribution in [2.45, 2.75) is 9.79 Å². The summed E-state index contributed by atoms with van der Waals surface area (Å²) < 4.78 is 0. The van der Waals surface area contributed by atoms with Gasteiger partial charge in [-0.3, -0.25) is 4.79 Å². The number of carbonyl (C=O) groups excluding carboxylic acids is 1. The fourth-order valence-corrected chi connectivity index (χ4v) is 3.82. The van der Waals surface area contributed by atoms with Gasteiger partial charge in [0.25, 0.3) is 0 Å². The number of hydrogen-bond donors (Lipinski definition) is 1. The molecule has 0 bridgehead atoms. The van der Waals surface area contributed by atoms with E-state index in [0.29, 0.717) is 21.2 Å². The van der Waals surface area contributed by atoms with Gasteiger partial charge in [0, 0.05) is 31.0 Å². The Balaban J connectivity index is 2.37. The highest BCUT2D eigenvalue weighted by atomic mass is 35.5. The van der Waals surface area contributed by atoms with Crippen molar-refractivity contribution in [1.29, 1.82) is 0 Å². The van der Waals surface area contributed by atoms with Crippen LogP contribution in [0.1, 0.15) is 11.1 Å². The monoisotopic (exact) mass is 370 g/mol. The van der Waals surface area contributed by atoms with Crippen LogP contribution in [0.4, 0.5) is 0 Å². The van der Waals surface area contributed by atoms with Crippen LogP contribution in [0, 0.1) is 0 Å². The molecule has 0 atom stereocenters. The summed E-state index contributed by atoms with van der Waals surface area (Å²) in [4.78, 5) is 13.9. The Morgan fingerprint density at radius 1 is 1.00 bits per heavy atom. The number of allylic oxidation sites excluding steroid dienone is 1. The number of aliphatic hydroxyl groups is 1. The molecule has 1 heterocycles. The number of alkyl halides is 1. The highest BCUT2D eigenvalue weighted by Crippen LogP contribution is 2.45. The number of carbonyl (C=O) groups is 1. The first-order valence-corrected chi connectivity index (χ1v) is 8.42. The van der Waals surface area contributed by atoms with E-state index in [0.717, 1.165) is 9.79 Å². The fraction of sp³-hybridized carbons (Fsp3) is 0.0625. The standard InChI is InChI=1S/C16H9Cl3O2S/c17-7-12(20)15-10-5-8(18)1-3-13(10)22-14-4-2-9(19)6-11(14)16(15)21/h1-6,21H,7H2. The maximum atomic E-state index is 12.3. The average molecular weight is 372 g/mol. The number of halogens is 3. The van der Waals surface area contributed by atoms with Crippen molar-refractivity contribution >= 4 is 63.7 Å². The lowest BCUT2D eigenvalue weighted by Gasteiger charge is -2.10. The van der Waals surface area contributed by atoms with Crippen molar-refractivity contribution < 1.29 is 9.90 Å². The number of hydrogen-bond acceptors (Lipinski definition) is 3. The summed E-state index contributed by atoms with van der Waals surface area (Å²) >= 11 is 19.2. The zero-order valence-electron chi connectivity index (χ0n) is 11.1. The lowest BCUT2D eigenvalue weighted by Crippen LogP contribution is -2.06. The van der Waals surface area contributed by atoms with Gasteiger partial charge in [0.1, 0.15) is 5.76 Å². The van der Waals surface area contributed by atoms with Crippen molar-refractivity contribution in [3.05, 3.63) is 57.6 Å². The lowest BCUT2D eigenvalue weighted by atomic mass is 9.98. The fourth-order valence-electron chi connectivity index (χ4n) is 2.29. The average Bonchev–Trinajstić information content (AvgIpc) is 2.61. The van der Waals surface area contributed by atoms with Crippen LogP contribution in [0.25, 0.3) is 11.3 Å². The Kier molecular flexibility index (Phi) is 4.42. The van der Waals surface area contributed by atoms with E-state index in [2.05, 4.69) is 0 Å². The van der Waals surface area contributed by atoms with E-state index in [1.54, 1.807) is 24.3 Å². The summed E-state index contributed by atoms with van der Waals surface area (Å²) in [6.07, 6.45) is 0. The van der Waals surface area contributed by atoms with Gasteiger partial charge in [-0.25, -0.2) is 0 Å². The molecule has 0 unspecified atom stereocenters. The van der Waals surface area contributed by atoms with Gasteiger partial charge in [0.2, 0.25) is 0 Å². The molecule has 0 aliphatic carbocycles. The summed E-state index contributed by atoms with van der Waals surface area (Å²) in [5.41, 5.74) is 1.26. The van der Waals surface area contributed by atoms with Gasteiger partial charge in [-0.2, -0.15) is 0 Å². The molecule has 3 rings (SSSR count). The molecule has 1 aliphatic heterocycles. The van der Waals surface area contributed by atoms with Gasteiger partial charge in [0.15, 0.2) is 5.78 Å². The first-order valence-electron chi connectivity index (χ1n) is 6.31. The molecule has 2 aromatic rings. The van der Waals surface area contributed by atoms with Crippen molar-refractivity contribution in [3.8, 4) is 0 Å². The predicted octanol–water partition coefficient (Wildman–Crippen LogP) is 5.69. The SMILES string of the molecule is O=C(CCl)C1=C(O)c2cc(Cl)ccc2Sc2ccc(Cl)cc21. The van der Waals surface area contributed by atoms with Crippen molar-refractivity contribution in [1.82, 2.24) is 0 Å². The van der Waals surface area contributed by atoms with Gasteiger partial charge in [-0.15, -0.1) is 11.6 Å². The van der Waals surface area contributed by atoms with Crippen molar-refractivity contribution in [2.75, 3.05) is 5.88 Å². The minimum absolute atomic E-state index is 0.128. The number of aliphatic hydroxyl groups excluding tert-OH is 1. The third kappa shape index (κ3) is 2.74. The summed E-state index contributed by atoms with van der Waals surface area (Å²) in [5, 5.41) is 11.6. The third-order valence-electron chi connectivity index (χ3n) is 3.26. The first kappa shape index (κ1) is 15.8. The van der Waals surface area contributed by atoms with E-state index in [9.17, 15) is 9.90 Å². The number of fused-ring (bicyclic) bond motifs is 2. The Morgan fingerprint density at radius 3 is 2.14 bits per heavy atom. The van der Waals surface area contributed by atoms with E-state index < -0.39 is 0 Å². The van der Waals surface area contributed by atoms with Gasteiger partial charge in [-0.1, -0.05) is 35.0 Å².